The number of carbonyl (C=O) groups is 2. The van der Waals surface area contributed by atoms with Crippen LogP contribution in [-0.4, -0.2) is 52.3 Å². The highest BCUT2D eigenvalue weighted by molar-refractivity contribution is 5.72. The third-order valence-corrected chi connectivity index (χ3v) is 6.45. The largest absolute Gasteiger partial charge is 0.445 e. The molecule has 2 aliphatic heterocycles. The van der Waals surface area contributed by atoms with E-state index in [-0.39, 0.29) is 30.4 Å². The standard InChI is InChI=1S/C24H36N2O4/c1-17(2)20-12-13-24(16-25(20)21(27)30-23(4,5)6)18(3)14-26(24)22(28)29-15-19-10-8-7-9-11-19/h7-11,17-18,20H,12-16H2,1-6H3. The van der Waals surface area contributed by atoms with Gasteiger partial charge in [0, 0.05) is 19.1 Å². The Labute approximate surface area is 180 Å². The van der Waals surface area contributed by atoms with Gasteiger partial charge in [0.1, 0.15) is 12.2 Å². The van der Waals surface area contributed by atoms with E-state index in [4.69, 9.17) is 9.47 Å². The molecule has 0 N–H and O–H groups in total. The van der Waals surface area contributed by atoms with Crippen LogP contribution in [0.5, 0.6) is 0 Å². The lowest BCUT2D eigenvalue weighted by Gasteiger charge is -2.61. The van der Waals surface area contributed by atoms with E-state index in [9.17, 15) is 9.59 Å². The van der Waals surface area contributed by atoms with E-state index in [1.165, 1.54) is 0 Å². The fourth-order valence-corrected chi connectivity index (χ4v) is 4.71. The predicted molar refractivity (Wildman–Crippen MR) is 116 cm³/mol. The van der Waals surface area contributed by atoms with Gasteiger partial charge in [0.2, 0.25) is 0 Å². The van der Waals surface area contributed by atoms with Gasteiger partial charge in [-0.1, -0.05) is 51.1 Å². The molecule has 0 saturated carbocycles. The Hall–Kier alpha value is -2.24. The summed E-state index contributed by atoms with van der Waals surface area (Å²) in [5.74, 6) is 0.628. The highest BCUT2D eigenvalue weighted by Gasteiger charge is 2.58. The quantitative estimate of drug-likeness (QED) is 0.690. The Morgan fingerprint density at radius 2 is 1.83 bits per heavy atom. The molecule has 3 atom stereocenters. The SMILES string of the molecule is CC(C)C1CCC2(CN1C(=O)OC(C)(C)C)C(C)CN2C(=O)OCc1ccccc1. The van der Waals surface area contributed by atoms with Crippen molar-refractivity contribution in [2.75, 3.05) is 13.1 Å². The molecule has 3 rings (SSSR count). The molecule has 6 heteroatoms. The molecule has 2 fully saturated rings. The molecule has 0 aliphatic carbocycles. The maximum atomic E-state index is 13.0. The lowest BCUT2D eigenvalue weighted by atomic mass is 9.68. The molecule has 2 amide bonds. The topological polar surface area (TPSA) is 59.1 Å². The number of benzene rings is 1. The normalized spacial score (nSPS) is 26.5. The molecule has 0 bridgehead atoms. The number of rotatable bonds is 3. The Bertz CT molecular complexity index is 758. The summed E-state index contributed by atoms with van der Waals surface area (Å²) >= 11 is 0. The minimum atomic E-state index is -0.553. The van der Waals surface area contributed by atoms with Gasteiger partial charge in [0.25, 0.3) is 0 Å². The second-order valence-corrected chi connectivity index (χ2v) is 10.1. The van der Waals surface area contributed by atoms with Gasteiger partial charge in [0.05, 0.1) is 5.54 Å². The molecule has 0 radical (unpaired) electrons. The van der Waals surface area contributed by atoms with Crippen LogP contribution in [0.4, 0.5) is 9.59 Å². The first-order chi connectivity index (χ1) is 14.0. The molecular formula is C24H36N2O4. The Morgan fingerprint density at radius 1 is 1.17 bits per heavy atom. The van der Waals surface area contributed by atoms with Gasteiger partial charge < -0.3 is 19.3 Å². The molecule has 30 heavy (non-hydrogen) atoms. The van der Waals surface area contributed by atoms with Gasteiger partial charge in [-0.25, -0.2) is 9.59 Å². The number of nitrogens with zero attached hydrogens (tertiary/aromatic N) is 2. The Kier molecular flexibility index (Phi) is 6.34. The molecule has 3 unspecified atom stereocenters. The van der Waals surface area contributed by atoms with Gasteiger partial charge in [-0.3, -0.25) is 0 Å². The number of ether oxygens (including phenoxy) is 2. The fourth-order valence-electron chi connectivity index (χ4n) is 4.71. The molecule has 1 aromatic carbocycles. The van der Waals surface area contributed by atoms with Crippen LogP contribution in [0.1, 0.15) is 59.9 Å². The summed E-state index contributed by atoms with van der Waals surface area (Å²) in [6, 6.07) is 9.81. The van der Waals surface area contributed by atoms with Gasteiger partial charge >= 0.3 is 12.2 Å². The van der Waals surface area contributed by atoms with Crippen molar-refractivity contribution < 1.29 is 19.1 Å². The average molecular weight is 417 g/mol. The van der Waals surface area contributed by atoms with Crippen LogP contribution >= 0.6 is 0 Å². The second kappa shape index (κ2) is 8.48. The van der Waals surface area contributed by atoms with E-state index in [1.807, 2.05) is 60.9 Å². The molecular weight excluding hydrogens is 380 g/mol. The van der Waals surface area contributed by atoms with Crippen LogP contribution in [0.25, 0.3) is 0 Å². The smallest absolute Gasteiger partial charge is 0.410 e. The first kappa shape index (κ1) is 22.4. The van der Waals surface area contributed by atoms with Gasteiger partial charge in [-0.05, 0) is 51.0 Å². The zero-order valence-electron chi connectivity index (χ0n) is 19.2. The second-order valence-electron chi connectivity index (χ2n) is 10.1. The van der Waals surface area contributed by atoms with Gasteiger partial charge in [0.15, 0.2) is 0 Å². The van der Waals surface area contributed by atoms with E-state index in [0.717, 1.165) is 18.4 Å². The molecule has 6 nitrogen and oxygen atoms in total. The lowest BCUT2D eigenvalue weighted by molar-refractivity contribution is -0.116. The van der Waals surface area contributed by atoms with Crippen molar-refractivity contribution in [3.8, 4) is 0 Å². The maximum absolute atomic E-state index is 13.0. The van der Waals surface area contributed by atoms with Crippen molar-refractivity contribution >= 4 is 12.2 Å². The maximum Gasteiger partial charge on any atom is 0.410 e. The van der Waals surface area contributed by atoms with Gasteiger partial charge in [-0.15, -0.1) is 0 Å². The Balaban J connectivity index is 1.74. The molecule has 2 aliphatic rings. The monoisotopic (exact) mass is 416 g/mol. The predicted octanol–water partition coefficient (Wildman–Crippen LogP) is 5.07. The van der Waals surface area contributed by atoms with E-state index in [1.54, 1.807) is 0 Å². The third kappa shape index (κ3) is 4.57. The highest BCUT2D eigenvalue weighted by atomic mass is 16.6. The molecule has 2 saturated heterocycles. The van der Waals surface area contributed by atoms with Crippen molar-refractivity contribution in [3.05, 3.63) is 35.9 Å². The molecule has 1 aromatic rings. The third-order valence-electron chi connectivity index (χ3n) is 6.45. The number of piperidine rings is 1. The van der Waals surface area contributed by atoms with Gasteiger partial charge in [-0.2, -0.15) is 0 Å². The van der Waals surface area contributed by atoms with Crippen LogP contribution < -0.4 is 0 Å². The summed E-state index contributed by atoms with van der Waals surface area (Å²) < 4.78 is 11.3. The van der Waals surface area contributed by atoms with Crippen LogP contribution in [-0.2, 0) is 16.1 Å². The van der Waals surface area contributed by atoms with Crippen molar-refractivity contribution in [1.29, 1.82) is 0 Å². The molecule has 166 valence electrons. The first-order valence-corrected chi connectivity index (χ1v) is 11.0. The average Bonchev–Trinajstić information content (AvgIpc) is 2.69. The summed E-state index contributed by atoms with van der Waals surface area (Å²) in [5, 5.41) is 0. The minimum Gasteiger partial charge on any atom is -0.445 e. The first-order valence-electron chi connectivity index (χ1n) is 11.0. The van der Waals surface area contributed by atoms with E-state index in [2.05, 4.69) is 20.8 Å². The lowest BCUT2D eigenvalue weighted by Crippen LogP contribution is -2.75. The molecule has 2 heterocycles. The number of hydrogen-bond donors (Lipinski definition) is 0. The summed E-state index contributed by atoms with van der Waals surface area (Å²) in [6.45, 7) is 13.5. The van der Waals surface area contributed by atoms with Crippen LogP contribution in [0, 0.1) is 11.8 Å². The zero-order chi connectivity index (χ0) is 22.1. The minimum absolute atomic E-state index is 0.112. The number of amides is 2. The van der Waals surface area contributed by atoms with Crippen molar-refractivity contribution in [1.82, 2.24) is 9.80 Å². The zero-order valence-corrected chi connectivity index (χ0v) is 19.2. The Morgan fingerprint density at radius 3 is 2.40 bits per heavy atom. The summed E-state index contributed by atoms with van der Waals surface area (Å²) in [4.78, 5) is 29.6. The van der Waals surface area contributed by atoms with E-state index >= 15 is 0 Å². The van der Waals surface area contributed by atoms with Crippen LogP contribution in [0.2, 0.25) is 0 Å². The number of likely N-dealkylation sites (tertiary alicyclic amines) is 2. The number of hydrogen-bond acceptors (Lipinski definition) is 4. The van der Waals surface area contributed by atoms with E-state index in [0.29, 0.717) is 24.9 Å². The number of carbonyl (C=O) groups excluding carboxylic acids is 2. The molecule has 1 spiro atoms. The van der Waals surface area contributed by atoms with Crippen molar-refractivity contribution in [3.63, 3.8) is 0 Å². The summed E-state index contributed by atoms with van der Waals surface area (Å²) in [6.07, 6.45) is 1.13. The van der Waals surface area contributed by atoms with Crippen molar-refractivity contribution in [2.45, 2.75) is 78.2 Å². The summed E-state index contributed by atoms with van der Waals surface area (Å²) in [7, 11) is 0. The fraction of sp³-hybridized carbons (Fsp3) is 0.667. The highest BCUT2D eigenvalue weighted by Crippen LogP contribution is 2.46. The van der Waals surface area contributed by atoms with Crippen LogP contribution in [0.15, 0.2) is 30.3 Å². The van der Waals surface area contributed by atoms with Crippen LogP contribution in [0.3, 0.4) is 0 Å². The summed E-state index contributed by atoms with van der Waals surface area (Å²) in [5.41, 5.74) is 0.0334. The van der Waals surface area contributed by atoms with E-state index < -0.39 is 5.60 Å². The van der Waals surface area contributed by atoms with Crippen molar-refractivity contribution in [2.24, 2.45) is 11.8 Å². The molecule has 0 aromatic heterocycles.